The number of aromatic nitrogens is 2. The Morgan fingerprint density at radius 2 is 1.82 bits per heavy atom. The monoisotopic (exact) mass is 504 g/mol. The number of hydrogen-bond donors (Lipinski definition) is 0. The highest BCUT2D eigenvalue weighted by molar-refractivity contribution is 8.01. The van der Waals surface area contributed by atoms with Gasteiger partial charge in [0.15, 0.2) is 11.0 Å². The van der Waals surface area contributed by atoms with Gasteiger partial charge in [-0.1, -0.05) is 36.2 Å². The van der Waals surface area contributed by atoms with E-state index in [2.05, 4.69) is 9.97 Å². The van der Waals surface area contributed by atoms with E-state index in [1.807, 2.05) is 13.0 Å². The number of ketones is 1. The Kier molecular flexibility index (Phi) is 7.67. The Morgan fingerprint density at radius 3 is 2.47 bits per heavy atom. The summed E-state index contributed by atoms with van der Waals surface area (Å²) in [6.45, 7) is 1.81. The van der Waals surface area contributed by atoms with Crippen molar-refractivity contribution in [1.29, 1.82) is 0 Å². The number of ether oxygens (including phenoxy) is 3. The van der Waals surface area contributed by atoms with E-state index in [1.165, 1.54) is 0 Å². The van der Waals surface area contributed by atoms with Gasteiger partial charge in [0.05, 0.1) is 24.9 Å². The standard InChI is InChI=1S/C25H29ClN2O5S/c1-15-23(28-11-10-27-15)34-22-19(29)14-25(33-24(22)30,17-6-4-5-7-17)9-8-16-12-18(26)21(32-3)13-20(16)31-2/h10-13,17,22H,4-9,14H2,1-3H3. The molecule has 0 N–H and O–H groups in total. The molecule has 2 aliphatic rings. The molecule has 1 aliphatic heterocycles. The number of cyclic esters (lactones) is 1. The maximum atomic E-state index is 13.3. The number of halogens is 1. The number of benzene rings is 1. The van der Waals surface area contributed by atoms with Crippen molar-refractivity contribution in [2.75, 3.05) is 14.2 Å². The van der Waals surface area contributed by atoms with Crippen molar-refractivity contribution in [3.05, 3.63) is 40.8 Å². The summed E-state index contributed by atoms with van der Waals surface area (Å²) in [7, 11) is 3.15. The van der Waals surface area contributed by atoms with Crippen LogP contribution in [0.1, 0.15) is 49.8 Å². The zero-order valence-electron chi connectivity index (χ0n) is 19.6. The molecular weight excluding hydrogens is 476 g/mol. The summed E-state index contributed by atoms with van der Waals surface area (Å²) in [4.78, 5) is 35.0. The molecule has 2 unspecified atom stereocenters. The van der Waals surface area contributed by atoms with Gasteiger partial charge < -0.3 is 14.2 Å². The number of carbonyl (C=O) groups is 2. The second-order valence-corrected chi connectivity index (χ2v) is 10.4. The topological polar surface area (TPSA) is 87.6 Å². The largest absolute Gasteiger partial charge is 0.496 e. The van der Waals surface area contributed by atoms with E-state index in [-0.39, 0.29) is 18.1 Å². The smallest absolute Gasteiger partial charge is 0.327 e. The molecule has 0 amide bonds. The van der Waals surface area contributed by atoms with Gasteiger partial charge in [-0.05, 0) is 50.2 Å². The lowest BCUT2D eigenvalue weighted by molar-refractivity contribution is -0.177. The molecular formula is C25H29ClN2O5S. The minimum atomic E-state index is -0.921. The number of Topliss-reactive ketones (excluding diaryl/α,β-unsaturated/α-hetero) is 1. The fourth-order valence-corrected chi connectivity index (χ4v) is 6.22. The van der Waals surface area contributed by atoms with Crippen molar-refractivity contribution < 1.29 is 23.8 Å². The quantitative estimate of drug-likeness (QED) is 0.367. The van der Waals surface area contributed by atoms with Gasteiger partial charge in [-0.15, -0.1) is 0 Å². The lowest BCUT2D eigenvalue weighted by atomic mass is 9.76. The van der Waals surface area contributed by atoms with Gasteiger partial charge in [0.2, 0.25) is 0 Å². The van der Waals surface area contributed by atoms with E-state index >= 15 is 0 Å². The van der Waals surface area contributed by atoms with Crippen LogP contribution in [0.3, 0.4) is 0 Å². The van der Waals surface area contributed by atoms with Crippen molar-refractivity contribution in [3.8, 4) is 11.5 Å². The van der Waals surface area contributed by atoms with Crippen LogP contribution in [0.5, 0.6) is 11.5 Å². The molecule has 0 bridgehead atoms. The van der Waals surface area contributed by atoms with Gasteiger partial charge in [-0.2, -0.15) is 0 Å². The molecule has 1 saturated carbocycles. The van der Waals surface area contributed by atoms with Gasteiger partial charge in [0.1, 0.15) is 22.1 Å². The van der Waals surface area contributed by atoms with Crippen LogP contribution >= 0.6 is 23.4 Å². The average molecular weight is 505 g/mol. The van der Waals surface area contributed by atoms with Crippen molar-refractivity contribution in [1.82, 2.24) is 9.97 Å². The highest BCUT2D eigenvalue weighted by Crippen LogP contribution is 2.46. The predicted octanol–water partition coefficient (Wildman–Crippen LogP) is 4.99. The third-order valence-corrected chi connectivity index (χ3v) is 8.43. The first-order valence-corrected chi connectivity index (χ1v) is 12.7. The first kappa shape index (κ1) is 24.8. The number of carbonyl (C=O) groups excluding carboxylic acids is 2. The molecule has 1 aromatic carbocycles. The summed E-state index contributed by atoms with van der Waals surface area (Å²) >= 11 is 7.49. The number of nitrogens with zero attached hydrogens (tertiary/aromatic N) is 2. The Bertz CT molecular complexity index is 1060. The van der Waals surface area contributed by atoms with E-state index in [1.54, 1.807) is 32.7 Å². The van der Waals surface area contributed by atoms with E-state index in [4.69, 9.17) is 25.8 Å². The molecule has 2 heterocycles. The minimum Gasteiger partial charge on any atom is -0.496 e. The van der Waals surface area contributed by atoms with Crippen molar-refractivity contribution in [2.24, 2.45) is 5.92 Å². The van der Waals surface area contributed by atoms with Gasteiger partial charge in [-0.3, -0.25) is 14.6 Å². The highest BCUT2D eigenvalue weighted by atomic mass is 35.5. The summed E-state index contributed by atoms with van der Waals surface area (Å²) in [6, 6.07) is 3.58. The second kappa shape index (κ2) is 10.5. The zero-order chi connectivity index (χ0) is 24.3. The molecule has 2 fully saturated rings. The Morgan fingerprint density at radius 1 is 1.12 bits per heavy atom. The average Bonchev–Trinajstić information content (AvgIpc) is 3.37. The Hall–Kier alpha value is -2.32. The van der Waals surface area contributed by atoms with Gasteiger partial charge in [0, 0.05) is 24.9 Å². The van der Waals surface area contributed by atoms with E-state index in [0.717, 1.165) is 43.0 Å². The summed E-state index contributed by atoms with van der Waals surface area (Å²) in [5.74, 6) is 0.745. The van der Waals surface area contributed by atoms with Crippen molar-refractivity contribution in [3.63, 3.8) is 0 Å². The van der Waals surface area contributed by atoms with Crippen LogP contribution in [-0.4, -0.2) is 46.8 Å². The number of methoxy groups -OCH3 is 2. The van der Waals surface area contributed by atoms with Crippen LogP contribution in [-0.2, 0) is 20.7 Å². The Balaban J connectivity index is 1.57. The lowest BCUT2D eigenvalue weighted by Crippen LogP contribution is -2.53. The maximum Gasteiger partial charge on any atom is 0.327 e. The zero-order valence-corrected chi connectivity index (χ0v) is 21.2. The van der Waals surface area contributed by atoms with Gasteiger partial charge >= 0.3 is 5.97 Å². The Labute approximate surface area is 208 Å². The number of aryl methyl sites for hydroxylation is 2. The molecule has 1 aliphatic carbocycles. The molecule has 34 heavy (non-hydrogen) atoms. The molecule has 0 radical (unpaired) electrons. The van der Waals surface area contributed by atoms with Crippen LogP contribution < -0.4 is 9.47 Å². The van der Waals surface area contributed by atoms with Crippen LogP contribution in [0.15, 0.2) is 29.6 Å². The molecule has 1 saturated heterocycles. The van der Waals surface area contributed by atoms with Gasteiger partial charge in [0.25, 0.3) is 0 Å². The van der Waals surface area contributed by atoms with E-state index in [9.17, 15) is 9.59 Å². The normalized spacial score (nSPS) is 23.1. The predicted molar refractivity (Wildman–Crippen MR) is 130 cm³/mol. The van der Waals surface area contributed by atoms with Crippen LogP contribution in [0, 0.1) is 12.8 Å². The molecule has 7 nitrogen and oxygen atoms in total. The fraction of sp³-hybridized carbons (Fsp3) is 0.520. The van der Waals surface area contributed by atoms with E-state index < -0.39 is 16.8 Å². The fourth-order valence-electron chi connectivity index (χ4n) is 5.03. The lowest BCUT2D eigenvalue weighted by Gasteiger charge is -2.43. The van der Waals surface area contributed by atoms with Crippen LogP contribution in [0.2, 0.25) is 5.02 Å². The first-order valence-electron chi connectivity index (χ1n) is 11.5. The van der Waals surface area contributed by atoms with Gasteiger partial charge in [-0.25, -0.2) is 4.98 Å². The molecule has 1 aromatic heterocycles. The third kappa shape index (κ3) is 5.03. The minimum absolute atomic E-state index is 0.113. The molecule has 182 valence electrons. The molecule has 0 spiro atoms. The molecule has 9 heteroatoms. The summed E-state index contributed by atoms with van der Waals surface area (Å²) < 4.78 is 17.0. The molecule has 4 rings (SSSR count). The summed E-state index contributed by atoms with van der Waals surface area (Å²) in [5, 5.41) is 0.138. The first-order chi connectivity index (χ1) is 16.4. The maximum absolute atomic E-state index is 13.3. The number of rotatable bonds is 8. The second-order valence-electron chi connectivity index (χ2n) is 8.85. The van der Waals surface area contributed by atoms with Crippen LogP contribution in [0.4, 0.5) is 0 Å². The van der Waals surface area contributed by atoms with E-state index in [0.29, 0.717) is 40.1 Å². The summed E-state index contributed by atoms with van der Waals surface area (Å²) in [6.07, 6.45) is 8.48. The third-order valence-electron chi connectivity index (χ3n) is 6.82. The SMILES string of the molecule is COc1cc(OC)c(CCC2(C3CCCC3)CC(=O)C(Sc3nccnc3C)C(=O)O2)cc1Cl. The molecule has 2 aromatic rings. The van der Waals surface area contributed by atoms with Crippen molar-refractivity contribution in [2.45, 2.75) is 67.7 Å². The number of thioether (sulfide) groups is 1. The highest BCUT2D eigenvalue weighted by Gasteiger charge is 2.52. The molecule has 2 atom stereocenters. The van der Waals surface area contributed by atoms with Crippen molar-refractivity contribution >= 4 is 35.1 Å². The van der Waals surface area contributed by atoms with Crippen LogP contribution in [0.25, 0.3) is 0 Å². The number of esters is 1. The summed E-state index contributed by atoms with van der Waals surface area (Å²) in [5.41, 5.74) is 0.751. The number of hydrogen-bond acceptors (Lipinski definition) is 8.